The van der Waals surface area contributed by atoms with Gasteiger partial charge >= 0.3 is 0 Å². The number of nitrogens with one attached hydrogen (secondary N) is 1. The fourth-order valence-corrected chi connectivity index (χ4v) is 1.37. The van der Waals surface area contributed by atoms with Crippen LogP contribution in [0.1, 0.15) is 16.2 Å². The van der Waals surface area contributed by atoms with Crippen molar-refractivity contribution in [1.82, 2.24) is 19.7 Å². The second-order valence-electron chi connectivity index (χ2n) is 3.48. The van der Waals surface area contributed by atoms with Crippen molar-refractivity contribution in [2.24, 2.45) is 12.8 Å². The van der Waals surface area contributed by atoms with Gasteiger partial charge in [-0.2, -0.15) is 0 Å². The highest BCUT2D eigenvalue weighted by Gasteiger charge is 2.09. The van der Waals surface area contributed by atoms with E-state index in [1.54, 1.807) is 29.2 Å². The molecule has 0 aromatic carbocycles. The molecule has 0 saturated carbocycles. The Balaban J connectivity index is 2.14. The summed E-state index contributed by atoms with van der Waals surface area (Å²) in [6.45, 7) is 0.424. The summed E-state index contributed by atoms with van der Waals surface area (Å²) in [5, 5.41) is 10.7. The first-order valence-electron chi connectivity index (χ1n) is 5.00. The first-order chi connectivity index (χ1) is 8.18. The molecule has 0 fully saturated rings. The number of amides is 1. The van der Waals surface area contributed by atoms with Crippen LogP contribution in [0.4, 0.5) is 5.82 Å². The van der Waals surface area contributed by atoms with Gasteiger partial charge in [-0.1, -0.05) is 0 Å². The highest BCUT2D eigenvalue weighted by molar-refractivity contribution is 5.97. The van der Waals surface area contributed by atoms with Gasteiger partial charge in [0.2, 0.25) is 0 Å². The molecular formula is C10H12N6O. The van der Waals surface area contributed by atoms with Gasteiger partial charge in [-0.15, -0.1) is 10.2 Å². The summed E-state index contributed by atoms with van der Waals surface area (Å²) in [4.78, 5) is 15.2. The van der Waals surface area contributed by atoms with Gasteiger partial charge in [0, 0.05) is 13.2 Å². The average molecular weight is 232 g/mol. The van der Waals surface area contributed by atoms with Crippen LogP contribution in [0.5, 0.6) is 0 Å². The van der Waals surface area contributed by atoms with Crippen LogP contribution in [0, 0.1) is 0 Å². The van der Waals surface area contributed by atoms with Gasteiger partial charge < -0.3 is 15.6 Å². The summed E-state index contributed by atoms with van der Waals surface area (Å²) in [7, 11) is 1.84. The molecule has 0 aliphatic rings. The van der Waals surface area contributed by atoms with E-state index < -0.39 is 5.91 Å². The van der Waals surface area contributed by atoms with E-state index in [9.17, 15) is 4.79 Å². The molecule has 0 aliphatic heterocycles. The molecule has 2 aromatic heterocycles. The number of hydrogen-bond donors (Lipinski definition) is 2. The number of hydrogen-bond acceptors (Lipinski definition) is 5. The van der Waals surface area contributed by atoms with E-state index in [2.05, 4.69) is 20.5 Å². The van der Waals surface area contributed by atoms with Crippen molar-refractivity contribution in [3.63, 3.8) is 0 Å². The molecule has 0 bridgehead atoms. The van der Waals surface area contributed by atoms with Crippen molar-refractivity contribution < 1.29 is 4.79 Å². The standard InChI is InChI=1S/C10H12N6O/c1-16-6-14-15-8(16)5-13-10-7(9(11)17)3-2-4-12-10/h2-4,6H,5H2,1H3,(H2,11,17)(H,12,13). The lowest BCUT2D eigenvalue weighted by molar-refractivity contribution is 0.100. The predicted molar refractivity (Wildman–Crippen MR) is 61.1 cm³/mol. The highest BCUT2D eigenvalue weighted by Crippen LogP contribution is 2.11. The second-order valence-corrected chi connectivity index (χ2v) is 3.48. The molecule has 17 heavy (non-hydrogen) atoms. The molecule has 0 radical (unpaired) electrons. The van der Waals surface area contributed by atoms with Crippen LogP contribution < -0.4 is 11.1 Å². The highest BCUT2D eigenvalue weighted by atomic mass is 16.1. The van der Waals surface area contributed by atoms with Crippen LogP contribution in [-0.4, -0.2) is 25.7 Å². The SMILES string of the molecule is Cn1cnnc1CNc1ncccc1C(N)=O. The summed E-state index contributed by atoms with van der Waals surface area (Å²) in [5.74, 6) is 0.674. The monoisotopic (exact) mass is 232 g/mol. The molecule has 2 aromatic rings. The van der Waals surface area contributed by atoms with E-state index in [-0.39, 0.29) is 0 Å². The van der Waals surface area contributed by atoms with Crippen LogP contribution in [-0.2, 0) is 13.6 Å². The normalized spacial score (nSPS) is 10.2. The number of primary amides is 1. The minimum absolute atomic E-state index is 0.356. The van der Waals surface area contributed by atoms with Gasteiger partial charge in [0.25, 0.3) is 5.91 Å². The smallest absolute Gasteiger partial charge is 0.252 e. The Labute approximate surface area is 97.7 Å². The molecule has 2 rings (SSSR count). The Morgan fingerprint density at radius 3 is 3.06 bits per heavy atom. The number of aromatic nitrogens is 4. The summed E-state index contributed by atoms with van der Waals surface area (Å²) in [5.41, 5.74) is 5.60. The predicted octanol–water partition coefficient (Wildman–Crippen LogP) is -0.0789. The van der Waals surface area contributed by atoms with Crippen LogP contribution in [0.3, 0.4) is 0 Å². The Kier molecular flexibility index (Phi) is 2.99. The van der Waals surface area contributed by atoms with Gasteiger partial charge in [-0.05, 0) is 12.1 Å². The number of rotatable bonds is 4. The summed E-state index contributed by atoms with van der Waals surface area (Å²) >= 11 is 0. The zero-order chi connectivity index (χ0) is 12.3. The second kappa shape index (κ2) is 4.60. The number of nitrogens with two attached hydrogens (primary N) is 1. The molecule has 0 aliphatic carbocycles. The van der Waals surface area contributed by atoms with E-state index >= 15 is 0 Å². The first-order valence-corrected chi connectivity index (χ1v) is 5.00. The van der Waals surface area contributed by atoms with Crippen molar-refractivity contribution in [3.05, 3.63) is 36.0 Å². The first kappa shape index (κ1) is 11.1. The number of carbonyl (C=O) groups is 1. The van der Waals surface area contributed by atoms with Gasteiger partial charge in [0.1, 0.15) is 12.1 Å². The number of nitrogens with zero attached hydrogens (tertiary/aromatic N) is 4. The van der Waals surface area contributed by atoms with Gasteiger partial charge in [-0.25, -0.2) is 4.98 Å². The summed E-state index contributed by atoms with van der Waals surface area (Å²) < 4.78 is 1.78. The molecule has 2 heterocycles. The largest absolute Gasteiger partial charge is 0.365 e. The molecule has 7 nitrogen and oxygen atoms in total. The number of pyridine rings is 1. The topological polar surface area (TPSA) is 98.7 Å². The molecule has 1 amide bonds. The lowest BCUT2D eigenvalue weighted by Gasteiger charge is -2.07. The average Bonchev–Trinajstić information content (AvgIpc) is 2.72. The van der Waals surface area contributed by atoms with Gasteiger partial charge in [-0.3, -0.25) is 4.79 Å². The maximum atomic E-state index is 11.2. The number of carbonyl (C=O) groups excluding carboxylic acids is 1. The Hall–Kier alpha value is -2.44. The summed E-state index contributed by atoms with van der Waals surface area (Å²) in [6.07, 6.45) is 3.19. The molecular weight excluding hydrogens is 220 g/mol. The third kappa shape index (κ3) is 2.39. The quantitative estimate of drug-likeness (QED) is 0.768. The molecule has 0 unspecified atom stereocenters. The fraction of sp³-hybridized carbons (Fsp3) is 0.200. The molecule has 88 valence electrons. The van der Waals surface area contributed by atoms with Gasteiger partial charge in [0.15, 0.2) is 5.82 Å². The molecule has 0 saturated heterocycles. The van der Waals surface area contributed by atoms with Crippen LogP contribution in [0.15, 0.2) is 24.7 Å². The fourth-order valence-electron chi connectivity index (χ4n) is 1.37. The zero-order valence-corrected chi connectivity index (χ0v) is 9.29. The van der Waals surface area contributed by atoms with Gasteiger partial charge in [0.05, 0.1) is 12.1 Å². The molecule has 7 heteroatoms. The molecule has 0 spiro atoms. The maximum Gasteiger partial charge on any atom is 0.252 e. The van der Waals surface area contributed by atoms with E-state index in [4.69, 9.17) is 5.73 Å². The van der Waals surface area contributed by atoms with Crippen LogP contribution >= 0.6 is 0 Å². The lowest BCUT2D eigenvalue weighted by atomic mass is 10.2. The Morgan fingerprint density at radius 1 is 1.59 bits per heavy atom. The Morgan fingerprint density at radius 2 is 2.41 bits per heavy atom. The third-order valence-electron chi connectivity index (χ3n) is 2.29. The Bertz CT molecular complexity index is 535. The maximum absolute atomic E-state index is 11.2. The van der Waals surface area contributed by atoms with E-state index in [1.165, 1.54) is 0 Å². The minimum Gasteiger partial charge on any atom is -0.365 e. The number of anilines is 1. The third-order valence-corrected chi connectivity index (χ3v) is 2.29. The minimum atomic E-state index is -0.515. The lowest BCUT2D eigenvalue weighted by Crippen LogP contribution is -2.16. The van der Waals surface area contributed by atoms with Crippen molar-refractivity contribution in [2.75, 3.05) is 5.32 Å². The van der Waals surface area contributed by atoms with E-state index in [0.717, 1.165) is 5.82 Å². The molecule has 0 atom stereocenters. The zero-order valence-electron chi connectivity index (χ0n) is 9.29. The van der Waals surface area contributed by atoms with E-state index in [1.807, 2.05) is 7.05 Å². The van der Waals surface area contributed by atoms with Crippen molar-refractivity contribution >= 4 is 11.7 Å². The van der Waals surface area contributed by atoms with E-state index in [0.29, 0.717) is 17.9 Å². The van der Waals surface area contributed by atoms with Crippen LogP contribution in [0.25, 0.3) is 0 Å². The van der Waals surface area contributed by atoms with Crippen molar-refractivity contribution in [2.45, 2.75) is 6.54 Å². The number of aryl methyl sites for hydroxylation is 1. The molecule has 3 N–H and O–H groups in total. The van der Waals surface area contributed by atoms with Crippen LogP contribution in [0.2, 0.25) is 0 Å². The summed E-state index contributed by atoms with van der Waals surface area (Å²) in [6, 6.07) is 3.28. The van der Waals surface area contributed by atoms with Crippen molar-refractivity contribution in [1.29, 1.82) is 0 Å². The van der Waals surface area contributed by atoms with Crippen molar-refractivity contribution in [3.8, 4) is 0 Å².